The monoisotopic (exact) mass is 644 g/mol. The number of nitrogens with one attached hydrogen (secondary N) is 4. The molecule has 0 aliphatic carbocycles. The van der Waals surface area contributed by atoms with E-state index in [9.17, 15) is 39.3 Å². The largest absolute Gasteiger partial charge is 0.508 e. The first kappa shape index (κ1) is 34.0. The second-order valence-corrected chi connectivity index (χ2v) is 11.1. The van der Waals surface area contributed by atoms with Crippen LogP contribution in [-0.2, 0) is 43.2 Å². The first-order valence-electron chi connectivity index (χ1n) is 14.7. The van der Waals surface area contributed by atoms with Crippen LogP contribution in [0.2, 0.25) is 0 Å². The van der Waals surface area contributed by atoms with Crippen LogP contribution in [0.1, 0.15) is 23.1 Å². The Bertz CT molecular complexity index is 1740. The van der Waals surface area contributed by atoms with Crippen molar-refractivity contribution in [2.24, 2.45) is 11.5 Å². The molecular formula is C33H36N6O8. The average molecular weight is 645 g/mol. The van der Waals surface area contributed by atoms with Gasteiger partial charge in [0.1, 0.15) is 29.6 Å². The van der Waals surface area contributed by atoms with Crippen LogP contribution in [0.4, 0.5) is 0 Å². The second kappa shape index (κ2) is 15.4. The van der Waals surface area contributed by atoms with Gasteiger partial charge in [-0.15, -0.1) is 0 Å². The van der Waals surface area contributed by atoms with Crippen molar-refractivity contribution in [2.45, 2.75) is 49.9 Å². The quantitative estimate of drug-likeness (QED) is 0.0864. The maximum atomic E-state index is 13.9. The van der Waals surface area contributed by atoms with E-state index in [1.807, 2.05) is 24.3 Å². The zero-order valence-corrected chi connectivity index (χ0v) is 25.2. The number of carbonyl (C=O) groups excluding carboxylic acids is 4. The number of amides is 4. The molecule has 4 aromatic rings. The van der Waals surface area contributed by atoms with Crippen LogP contribution in [0.3, 0.4) is 0 Å². The van der Waals surface area contributed by atoms with Gasteiger partial charge in [0.25, 0.3) is 0 Å². The van der Waals surface area contributed by atoms with Gasteiger partial charge in [0.05, 0.1) is 12.5 Å². The highest BCUT2D eigenvalue weighted by atomic mass is 16.4. The zero-order chi connectivity index (χ0) is 34.1. The van der Waals surface area contributed by atoms with Crippen molar-refractivity contribution in [3.8, 4) is 11.5 Å². The molecular weight excluding hydrogens is 608 g/mol. The Labute approximate surface area is 269 Å². The predicted molar refractivity (Wildman–Crippen MR) is 171 cm³/mol. The molecule has 14 heteroatoms. The number of aromatic nitrogens is 1. The fourth-order valence-electron chi connectivity index (χ4n) is 5.01. The summed E-state index contributed by atoms with van der Waals surface area (Å²) in [5.41, 5.74) is 13.6. The van der Waals surface area contributed by atoms with E-state index in [4.69, 9.17) is 11.5 Å². The number of H-pyrrole nitrogens is 1. The maximum Gasteiger partial charge on any atom is 0.326 e. The van der Waals surface area contributed by atoms with E-state index in [-0.39, 0.29) is 30.8 Å². The fraction of sp³-hybridized carbons (Fsp3) is 0.242. The predicted octanol–water partition coefficient (Wildman–Crippen LogP) is 0.349. The minimum absolute atomic E-state index is 0.00815. The number of nitrogens with two attached hydrogens (primary N) is 2. The number of aromatic hydroxyl groups is 2. The van der Waals surface area contributed by atoms with Crippen LogP contribution >= 0.6 is 0 Å². The van der Waals surface area contributed by atoms with E-state index in [1.54, 1.807) is 18.3 Å². The number of fused-ring (bicyclic) bond motifs is 1. The van der Waals surface area contributed by atoms with Crippen LogP contribution in [0, 0.1) is 0 Å². The first-order chi connectivity index (χ1) is 22.4. The summed E-state index contributed by atoms with van der Waals surface area (Å²) < 4.78 is 0. The highest BCUT2D eigenvalue weighted by Crippen LogP contribution is 2.20. The van der Waals surface area contributed by atoms with Crippen LogP contribution in [0.25, 0.3) is 10.9 Å². The number of phenolic OH excluding ortho intramolecular Hbond substituents is 2. The van der Waals surface area contributed by atoms with Crippen LogP contribution < -0.4 is 27.4 Å². The molecule has 0 saturated heterocycles. The molecule has 0 bridgehead atoms. The lowest BCUT2D eigenvalue weighted by Gasteiger charge is -2.25. The normalized spacial score (nSPS) is 13.6. The molecule has 0 aliphatic heterocycles. The molecule has 14 nitrogen and oxygen atoms in total. The number of aliphatic carboxylic acids is 1. The summed E-state index contributed by atoms with van der Waals surface area (Å²) in [7, 11) is 0. The Balaban J connectivity index is 1.60. The van der Waals surface area contributed by atoms with Gasteiger partial charge < -0.3 is 47.7 Å². The molecule has 3 aromatic carbocycles. The van der Waals surface area contributed by atoms with Gasteiger partial charge in [0, 0.05) is 36.4 Å². The van der Waals surface area contributed by atoms with E-state index < -0.39 is 60.2 Å². The number of benzene rings is 3. The molecule has 4 amide bonds. The zero-order valence-electron chi connectivity index (χ0n) is 25.2. The third-order valence-electron chi connectivity index (χ3n) is 7.49. The Morgan fingerprint density at radius 2 is 1.17 bits per heavy atom. The first-order valence-corrected chi connectivity index (χ1v) is 14.7. The summed E-state index contributed by atoms with van der Waals surface area (Å²) in [6, 6.07) is 13.7. The van der Waals surface area contributed by atoms with Crippen molar-refractivity contribution in [3.05, 3.63) is 95.7 Å². The molecule has 0 saturated carbocycles. The van der Waals surface area contributed by atoms with Crippen molar-refractivity contribution < 1.29 is 39.3 Å². The van der Waals surface area contributed by atoms with Gasteiger partial charge in [-0.25, -0.2) is 4.79 Å². The third kappa shape index (κ3) is 9.55. The third-order valence-corrected chi connectivity index (χ3v) is 7.49. The lowest BCUT2D eigenvalue weighted by atomic mass is 10.0. The summed E-state index contributed by atoms with van der Waals surface area (Å²) in [4.78, 5) is 67.0. The lowest BCUT2D eigenvalue weighted by Crippen LogP contribution is -2.58. The van der Waals surface area contributed by atoms with Crippen LogP contribution in [0.15, 0.2) is 79.0 Å². The van der Waals surface area contributed by atoms with Crippen molar-refractivity contribution in [2.75, 3.05) is 0 Å². The summed E-state index contributed by atoms with van der Waals surface area (Å²) in [5, 5.41) is 37.6. The molecule has 47 heavy (non-hydrogen) atoms. The van der Waals surface area contributed by atoms with Gasteiger partial charge in [-0.1, -0.05) is 42.5 Å². The smallest absolute Gasteiger partial charge is 0.326 e. The van der Waals surface area contributed by atoms with Gasteiger partial charge in [-0.2, -0.15) is 0 Å². The van der Waals surface area contributed by atoms with Gasteiger partial charge in [-0.3, -0.25) is 19.2 Å². The summed E-state index contributed by atoms with van der Waals surface area (Å²) in [6.45, 7) is 0. The SMILES string of the molecule is NC(=O)CC(N)C(=O)NC(Cc1c[nH]c2ccccc12)C(=O)NC(Cc1ccc(O)cc1)C(=O)NC(Cc1ccc(O)cc1)C(=O)O. The van der Waals surface area contributed by atoms with Gasteiger partial charge in [0.2, 0.25) is 23.6 Å². The molecule has 0 radical (unpaired) electrons. The Morgan fingerprint density at radius 3 is 1.72 bits per heavy atom. The van der Waals surface area contributed by atoms with Crippen LogP contribution in [0.5, 0.6) is 11.5 Å². The Hall–Kier alpha value is -5.89. The van der Waals surface area contributed by atoms with E-state index in [1.165, 1.54) is 36.4 Å². The average Bonchev–Trinajstić information content (AvgIpc) is 3.44. The number of aromatic amines is 1. The maximum absolute atomic E-state index is 13.9. The Morgan fingerprint density at radius 1 is 0.681 bits per heavy atom. The minimum atomic E-state index is -1.39. The fourth-order valence-corrected chi connectivity index (χ4v) is 5.01. The van der Waals surface area contributed by atoms with Gasteiger partial charge >= 0.3 is 5.97 Å². The molecule has 246 valence electrons. The molecule has 0 fully saturated rings. The number of rotatable bonds is 15. The number of primary amides is 1. The molecule has 0 aliphatic rings. The highest BCUT2D eigenvalue weighted by Gasteiger charge is 2.31. The van der Waals surface area contributed by atoms with Crippen LogP contribution in [-0.4, -0.2) is 74.1 Å². The van der Waals surface area contributed by atoms with E-state index >= 15 is 0 Å². The van der Waals surface area contributed by atoms with E-state index in [0.717, 1.165) is 10.9 Å². The number of carboxylic acid groups (broad SMARTS) is 1. The number of carbonyl (C=O) groups is 5. The number of phenols is 2. The highest BCUT2D eigenvalue weighted by molar-refractivity contribution is 5.96. The van der Waals surface area contributed by atoms with Crippen molar-refractivity contribution in [3.63, 3.8) is 0 Å². The molecule has 1 heterocycles. The molecule has 4 rings (SSSR count). The summed E-state index contributed by atoms with van der Waals surface area (Å²) in [5.74, 6) is -4.58. The van der Waals surface area contributed by atoms with Gasteiger partial charge in [0.15, 0.2) is 0 Å². The van der Waals surface area contributed by atoms with Gasteiger partial charge in [-0.05, 0) is 47.0 Å². The summed E-state index contributed by atoms with van der Waals surface area (Å²) in [6.07, 6.45) is 0.978. The van der Waals surface area contributed by atoms with Crippen molar-refractivity contribution in [1.29, 1.82) is 0 Å². The molecule has 0 spiro atoms. The topological polar surface area (TPSA) is 250 Å². The lowest BCUT2D eigenvalue weighted by molar-refractivity contribution is -0.142. The van der Waals surface area contributed by atoms with Crippen molar-refractivity contribution >= 4 is 40.5 Å². The standard InChI is InChI=1S/C33H36N6O8/c34-24(16-29(35)42)30(43)37-27(15-20-17-36-25-4-2-1-3-23(20)25)32(45)38-26(13-18-5-9-21(40)10-6-18)31(44)39-28(33(46)47)14-19-7-11-22(41)12-8-19/h1-12,17,24,26-28,36,40-41H,13-16,34H2,(H2,35,42)(H,37,43)(H,38,45)(H,39,44)(H,46,47). The van der Waals surface area contributed by atoms with E-state index in [2.05, 4.69) is 20.9 Å². The number of hydrogen-bond donors (Lipinski definition) is 9. The molecule has 11 N–H and O–H groups in total. The van der Waals surface area contributed by atoms with E-state index in [0.29, 0.717) is 16.7 Å². The summed E-state index contributed by atoms with van der Waals surface area (Å²) >= 11 is 0. The molecule has 1 aromatic heterocycles. The molecule has 4 atom stereocenters. The number of para-hydroxylation sites is 1. The Kier molecular flexibility index (Phi) is 11.1. The number of hydrogen-bond acceptors (Lipinski definition) is 8. The minimum Gasteiger partial charge on any atom is -0.508 e. The number of carboxylic acids is 1. The molecule has 4 unspecified atom stereocenters. The van der Waals surface area contributed by atoms with Crippen molar-refractivity contribution in [1.82, 2.24) is 20.9 Å². The second-order valence-electron chi connectivity index (χ2n) is 11.1.